The minimum Gasteiger partial charge on any atom is -0.458 e. The first-order valence-corrected chi connectivity index (χ1v) is 7.62. The Labute approximate surface area is 146 Å². The topological polar surface area (TPSA) is 103 Å². The first-order valence-electron chi connectivity index (χ1n) is 7.62. The Bertz CT molecular complexity index is 1040. The van der Waals surface area contributed by atoms with Gasteiger partial charge in [-0.2, -0.15) is 0 Å². The number of aryl methyl sites for hydroxylation is 1. The highest BCUT2D eigenvalue weighted by molar-refractivity contribution is 5.96. The minimum atomic E-state index is -0.750. The van der Waals surface area contributed by atoms with Crippen molar-refractivity contribution in [1.82, 2.24) is 14.9 Å². The van der Waals surface area contributed by atoms with Crippen LogP contribution in [0.1, 0.15) is 21.8 Å². The number of hydrogen-bond donors (Lipinski definition) is 1. The lowest BCUT2D eigenvalue weighted by Crippen LogP contribution is -2.31. The first kappa shape index (κ1) is 17.3. The maximum Gasteiger partial charge on any atom is 0.325 e. The van der Waals surface area contributed by atoms with Crippen LogP contribution < -0.4 is 10.9 Å². The van der Waals surface area contributed by atoms with Crippen molar-refractivity contribution >= 4 is 17.5 Å². The summed E-state index contributed by atoms with van der Waals surface area (Å²) in [5, 5.41) is 2.27. The van der Waals surface area contributed by atoms with Crippen molar-refractivity contribution in [1.29, 1.82) is 0 Å². The molecule has 134 valence electrons. The zero-order valence-electron chi connectivity index (χ0n) is 13.7. The molecule has 8 nitrogen and oxygen atoms in total. The van der Waals surface area contributed by atoms with Crippen LogP contribution in [-0.2, 0) is 16.1 Å². The van der Waals surface area contributed by atoms with Crippen LogP contribution in [0.15, 0.2) is 45.7 Å². The van der Waals surface area contributed by atoms with Gasteiger partial charge < -0.3 is 14.6 Å². The summed E-state index contributed by atoms with van der Waals surface area (Å²) in [5.74, 6) is -1.65. The molecule has 0 spiro atoms. The van der Waals surface area contributed by atoms with E-state index in [-0.39, 0.29) is 17.9 Å². The lowest BCUT2D eigenvalue weighted by molar-refractivity contribution is -0.143. The molecule has 9 heteroatoms. The molecule has 0 radical (unpaired) electrons. The van der Waals surface area contributed by atoms with Gasteiger partial charge in [0, 0.05) is 12.1 Å². The number of nitrogens with zero attached hydrogens (tertiary/aromatic N) is 2. The molecule has 0 atom stereocenters. The van der Waals surface area contributed by atoms with E-state index in [2.05, 4.69) is 10.3 Å². The van der Waals surface area contributed by atoms with Crippen molar-refractivity contribution < 1.29 is 23.2 Å². The number of rotatable bonds is 5. The predicted octanol–water partition coefficient (Wildman–Crippen LogP) is 1.21. The fraction of sp³-hybridized carbons (Fsp3) is 0.176. The summed E-state index contributed by atoms with van der Waals surface area (Å²) >= 11 is 0. The molecule has 0 unspecified atom stereocenters. The third kappa shape index (κ3) is 3.77. The highest BCUT2D eigenvalue weighted by atomic mass is 19.1. The summed E-state index contributed by atoms with van der Waals surface area (Å²) < 4.78 is 24.6. The smallest absolute Gasteiger partial charge is 0.325 e. The minimum absolute atomic E-state index is 0.171. The van der Waals surface area contributed by atoms with E-state index in [1.807, 2.05) is 0 Å². The van der Waals surface area contributed by atoms with E-state index in [9.17, 15) is 18.8 Å². The molecule has 0 bridgehead atoms. The number of hydrogen-bond acceptors (Lipinski definition) is 6. The third-order valence-electron chi connectivity index (χ3n) is 3.42. The van der Waals surface area contributed by atoms with Crippen LogP contribution in [-0.4, -0.2) is 28.0 Å². The van der Waals surface area contributed by atoms with E-state index >= 15 is 0 Å². The number of carbonyl (C=O) groups excluding carboxylic acids is 2. The maximum absolute atomic E-state index is 13.5. The van der Waals surface area contributed by atoms with Gasteiger partial charge in [-0.1, -0.05) is 12.1 Å². The number of esters is 1. The molecule has 1 N–H and O–H groups in total. The normalized spacial score (nSPS) is 10.7. The van der Waals surface area contributed by atoms with Gasteiger partial charge in [-0.15, -0.1) is 4.57 Å². The van der Waals surface area contributed by atoms with E-state index in [0.29, 0.717) is 11.4 Å². The van der Waals surface area contributed by atoms with Gasteiger partial charge in [0.05, 0.1) is 11.3 Å². The maximum atomic E-state index is 13.5. The van der Waals surface area contributed by atoms with Crippen molar-refractivity contribution in [2.45, 2.75) is 13.5 Å². The monoisotopic (exact) mass is 359 g/mol. The van der Waals surface area contributed by atoms with E-state index in [1.165, 1.54) is 24.3 Å². The summed E-state index contributed by atoms with van der Waals surface area (Å²) in [5.41, 5.74) is -0.0729. The first-order chi connectivity index (χ1) is 12.4. The zero-order valence-corrected chi connectivity index (χ0v) is 13.7. The number of fused-ring (bicyclic) bond motifs is 1. The molecule has 2 aromatic heterocycles. The Morgan fingerprint density at radius 1 is 1.31 bits per heavy atom. The van der Waals surface area contributed by atoms with Crippen molar-refractivity contribution in [3.05, 3.63) is 69.6 Å². The van der Waals surface area contributed by atoms with Gasteiger partial charge in [-0.05, 0) is 19.1 Å². The van der Waals surface area contributed by atoms with E-state index in [1.54, 1.807) is 13.0 Å². The average Bonchev–Trinajstić information content (AvgIpc) is 2.99. The van der Waals surface area contributed by atoms with E-state index in [0.717, 1.165) is 10.6 Å². The molecule has 3 aromatic rings. The van der Waals surface area contributed by atoms with Gasteiger partial charge in [0.2, 0.25) is 0 Å². The van der Waals surface area contributed by atoms with Crippen LogP contribution in [0.5, 0.6) is 0 Å². The van der Waals surface area contributed by atoms with Crippen LogP contribution in [0.4, 0.5) is 4.39 Å². The number of benzene rings is 1. The third-order valence-corrected chi connectivity index (χ3v) is 3.42. The molecule has 0 aliphatic heterocycles. The second-order valence-corrected chi connectivity index (χ2v) is 5.41. The van der Waals surface area contributed by atoms with Crippen molar-refractivity contribution in [2.75, 3.05) is 6.54 Å². The van der Waals surface area contributed by atoms with Crippen LogP contribution in [0.2, 0.25) is 0 Å². The van der Waals surface area contributed by atoms with Crippen LogP contribution in [0.25, 0.3) is 5.65 Å². The molecule has 0 aliphatic rings. The quantitative estimate of drug-likeness (QED) is 0.687. The number of halogens is 1. The van der Waals surface area contributed by atoms with Crippen LogP contribution in [0, 0.1) is 12.7 Å². The SMILES string of the molecule is Cc1cc2nc(COC(=O)CNC(=O)c3ccccc3F)cc(=O)n2o1. The molecule has 0 saturated heterocycles. The van der Waals surface area contributed by atoms with E-state index < -0.39 is 29.8 Å². The molecule has 0 saturated carbocycles. The second kappa shape index (κ2) is 7.18. The molecule has 1 aromatic carbocycles. The zero-order chi connectivity index (χ0) is 18.7. The lowest BCUT2D eigenvalue weighted by Gasteiger charge is -2.07. The highest BCUT2D eigenvalue weighted by Gasteiger charge is 2.13. The average molecular weight is 359 g/mol. The van der Waals surface area contributed by atoms with Crippen LogP contribution >= 0.6 is 0 Å². The highest BCUT2D eigenvalue weighted by Crippen LogP contribution is 2.07. The summed E-state index contributed by atoms with van der Waals surface area (Å²) in [7, 11) is 0. The second-order valence-electron chi connectivity index (χ2n) is 5.41. The lowest BCUT2D eigenvalue weighted by atomic mass is 10.2. The number of carbonyl (C=O) groups is 2. The number of nitrogens with one attached hydrogen (secondary N) is 1. The van der Waals surface area contributed by atoms with Crippen LogP contribution in [0.3, 0.4) is 0 Å². The Balaban J connectivity index is 1.57. The molecule has 1 amide bonds. The van der Waals surface area contributed by atoms with Gasteiger partial charge >= 0.3 is 5.97 Å². The van der Waals surface area contributed by atoms with Crippen molar-refractivity contribution in [2.24, 2.45) is 0 Å². The summed E-state index contributed by atoms with van der Waals surface area (Å²) in [6.45, 7) is 0.982. The molecular formula is C17H14FN3O5. The number of ether oxygens (including phenoxy) is 1. The standard InChI is InChI=1S/C17H14FN3O5/c1-10-6-14-20-11(7-15(22)21(14)26-10)9-25-16(23)8-19-17(24)12-4-2-3-5-13(12)18/h2-7H,8-9H2,1H3,(H,19,24). The van der Waals surface area contributed by atoms with E-state index in [4.69, 9.17) is 9.26 Å². The van der Waals surface area contributed by atoms with Gasteiger partial charge in [0.1, 0.15) is 24.7 Å². The van der Waals surface area contributed by atoms with Crippen molar-refractivity contribution in [3.63, 3.8) is 0 Å². The van der Waals surface area contributed by atoms with Crippen molar-refractivity contribution in [3.8, 4) is 0 Å². The number of aromatic nitrogens is 2. The molecule has 26 heavy (non-hydrogen) atoms. The molecule has 3 rings (SSSR count). The Kier molecular flexibility index (Phi) is 4.78. The molecule has 0 fully saturated rings. The van der Waals surface area contributed by atoms with Gasteiger partial charge in [-0.3, -0.25) is 14.4 Å². The molecule has 0 aliphatic carbocycles. The van der Waals surface area contributed by atoms with Gasteiger partial charge in [0.25, 0.3) is 11.5 Å². The summed E-state index contributed by atoms with van der Waals surface area (Å²) in [4.78, 5) is 39.5. The predicted molar refractivity (Wildman–Crippen MR) is 87.0 cm³/mol. The Hall–Kier alpha value is -3.49. The fourth-order valence-electron chi connectivity index (χ4n) is 2.25. The summed E-state index contributed by atoms with van der Waals surface area (Å²) in [6.07, 6.45) is 0. The molecular weight excluding hydrogens is 345 g/mol. The number of amides is 1. The Morgan fingerprint density at radius 3 is 2.85 bits per heavy atom. The molecule has 2 heterocycles. The fourth-order valence-corrected chi connectivity index (χ4v) is 2.25. The Morgan fingerprint density at radius 2 is 2.08 bits per heavy atom. The largest absolute Gasteiger partial charge is 0.458 e. The van der Waals surface area contributed by atoms with Gasteiger partial charge in [-0.25, -0.2) is 9.37 Å². The van der Waals surface area contributed by atoms with Gasteiger partial charge in [0.15, 0.2) is 5.65 Å². The summed E-state index contributed by atoms with van der Waals surface area (Å²) in [6, 6.07) is 8.16.